The molecule has 1 aliphatic rings. The maximum Gasteiger partial charge on any atom is 0.232 e. The van der Waals surface area contributed by atoms with Gasteiger partial charge in [0.1, 0.15) is 5.75 Å². The lowest BCUT2D eigenvalue weighted by molar-refractivity contribution is -0.117. The number of carbonyl (C=O) groups excluding carboxylic acids is 1. The van der Waals surface area contributed by atoms with Crippen molar-refractivity contribution in [1.29, 1.82) is 0 Å². The number of carbonyl (C=O) groups is 1. The van der Waals surface area contributed by atoms with Crippen molar-refractivity contribution in [1.82, 2.24) is 10.1 Å². The number of hydrogen-bond donors (Lipinski definition) is 0. The van der Waals surface area contributed by atoms with E-state index < -0.39 is 5.82 Å². The van der Waals surface area contributed by atoms with Gasteiger partial charge in [0, 0.05) is 18.5 Å². The van der Waals surface area contributed by atoms with Gasteiger partial charge in [0.25, 0.3) is 0 Å². The number of nitrogens with zero attached hydrogens (tertiary/aromatic N) is 3. The second-order valence-corrected chi connectivity index (χ2v) is 6.80. The van der Waals surface area contributed by atoms with E-state index in [1.165, 1.54) is 17.0 Å². The average molecular weight is 402 g/mol. The van der Waals surface area contributed by atoms with E-state index in [-0.39, 0.29) is 35.5 Å². The number of anilines is 1. The summed E-state index contributed by atoms with van der Waals surface area (Å²) in [7, 11) is 0. The highest BCUT2D eigenvalue weighted by atomic mass is 35.5. The number of halogens is 2. The number of amides is 1. The van der Waals surface area contributed by atoms with Gasteiger partial charge in [-0.05, 0) is 43.3 Å². The fourth-order valence-electron chi connectivity index (χ4n) is 3.19. The highest BCUT2D eigenvalue weighted by Crippen LogP contribution is 2.34. The lowest BCUT2D eigenvalue weighted by Gasteiger charge is -2.17. The summed E-state index contributed by atoms with van der Waals surface area (Å²) in [5.41, 5.74) is 0.937. The molecule has 0 saturated carbocycles. The zero-order chi connectivity index (χ0) is 19.7. The maximum atomic E-state index is 14.3. The molecule has 1 atom stereocenters. The van der Waals surface area contributed by atoms with Crippen molar-refractivity contribution in [3.63, 3.8) is 0 Å². The first-order valence-corrected chi connectivity index (χ1v) is 9.26. The first-order chi connectivity index (χ1) is 13.6. The molecule has 0 N–H and O–H groups in total. The molecule has 4 rings (SSSR count). The van der Waals surface area contributed by atoms with Gasteiger partial charge in [0.15, 0.2) is 5.82 Å². The number of aromatic nitrogens is 2. The van der Waals surface area contributed by atoms with Crippen molar-refractivity contribution in [2.24, 2.45) is 0 Å². The van der Waals surface area contributed by atoms with E-state index in [0.717, 1.165) is 11.3 Å². The average Bonchev–Trinajstić information content (AvgIpc) is 3.32. The molecule has 8 heteroatoms. The minimum atomic E-state index is -0.612. The minimum absolute atomic E-state index is 0.0238. The van der Waals surface area contributed by atoms with Gasteiger partial charge < -0.3 is 14.2 Å². The van der Waals surface area contributed by atoms with Gasteiger partial charge in [-0.2, -0.15) is 4.98 Å². The first kappa shape index (κ1) is 18.4. The van der Waals surface area contributed by atoms with Crippen molar-refractivity contribution in [2.45, 2.75) is 19.3 Å². The number of hydrogen-bond acceptors (Lipinski definition) is 5. The van der Waals surface area contributed by atoms with Crippen LogP contribution in [0.3, 0.4) is 0 Å². The van der Waals surface area contributed by atoms with Crippen LogP contribution in [0.2, 0.25) is 5.02 Å². The molecule has 6 nitrogen and oxygen atoms in total. The molecule has 144 valence electrons. The van der Waals surface area contributed by atoms with Crippen LogP contribution in [0.5, 0.6) is 5.75 Å². The zero-order valence-electron chi connectivity index (χ0n) is 15.1. The van der Waals surface area contributed by atoms with Gasteiger partial charge in [0.05, 0.1) is 23.2 Å². The summed E-state index contributed by atoms with van der Waals surface area (Å²) in [6, 6.07) is 11.9. The molecule has 3 aromatic rings. The molecule has 28 heavy (non-hydrogen) atoms. The van der Waals surface area contributed by atoms with E-state index in [1.54, 1.807) is 6.07 Å². The third-order valence-electron chi connectivity index (χ3n) is 4.56. The van der Waals surface area contributed by atoms with Crippen LogP contribution in [-0.4, -0.2) is 29.2 Å². The summed E-state index contributed by atoms with van der Waals surface area (Å²) in [6.45, 7) is 2.76. The highest BCUT2D eigenvalue weighted by molar-refractivity contribution is 6.31. The summed E-state index contributed by atoms with van der Waals surface area (Å²) in [5, 5.41) is 3.99. The van der Waals surface area contributed by atoms with Crippen LogP contribution in [0.4, 0.5) is 10.1 Å². The molecular formula is C20H17ClFN3O3. The zero-order valence-corrected chi connectivity index (χ0v) is 15.8. The summed E-state index contributed by atoms with van der Waals surface area (Å²) in [5.74, 6) is 0.399. The number of benzene rings is 2. The second kappa shape index (κ2) is 7.59. The Balaban J connectivity index is 1.53. The first-order valence-electron chi connectivity index (χ1n) is 8.88. The Kier molecular flexibility index (Phi) is 5.00. The van der Waals surface area contributed by atoms with Crippen molar-refractivity contribution < 1.29 is 18.4 Å². The van der Waals surface area contributed by atoms with Crippen molar-refractivity contribution >= 4 is 23.2 Å². The fraction of sp³-hybridized carbons (Fsp3) is 0.250. The molecule has 2 aromatic carbocycles. The molecular weight excluding hydrogens is 385 g/mol. The molecule has 1 amide bonds. The van der Waals surface area contributed by atoms with Gasteiger partial charge in [-0.25, -0.2) is 4.39 Å². The Labute approximate surface area is 165 Å². The minimum Gasteiger partial charge on any atom is -0.494 e. The van der Waals surface area contributed by atoms with Crippen molar-refractivity contribution in [3.05, 3.63) is 59.2 Å². The van der Waals surface area contributed by atoms with Gasteiger partial charge in [-0.15, -0.1) is 0 Å². The molecule has 2 heterocycles. The van der Waals surface area contributed by atoms with E-state index in [1.807, 2.05) is 31.2 Å². The molecule has 0 bridgehead atoms. The van der Waals surface area contributed by atoms with Crippen LogP contribution in [0.1, 0.15) is 25.2 Å². The highest BCUT2D eigenvalue weighted by Gasteiger charge is 2.36. The third kappa shape index (κ3) is 3.45. The molecule has 1 fully saturated rings. The SMILES string of the molecule is CCOc1ccc(-c2noc(C3CC(=O)N(c4cccc(Cl)c4F)C3)n2)cc1. The topological polar surface area (TPSA) is 68.5 Å². The summed E-state index contributed by atoms with van der Waals surface area (Å²) >= 11 is 5.83. The molecule has 1 aromatic heterocycles. The van der Waals surface area contributed by atoms with Gasteiger partial charge in [-0.1, -0.05) is 22.8 Å². The normalized spacial score (nSPS) is 16.6. The van der Waals surface area contributed by atoms with E-state index in [9.17, 15) is 9.18 Å². The Morgan fingerprint density at radius 1 is 1.29 bits per heavy atom. The van der Waals surface area contributed by atoms with Gasteiger partial charge in [0.2, 0.25) is 17.6 Å². The third-order valence-corrected chi connectivity index (χ3v) is 4.85. The van der Waals surface area contributed by atoms with Crippen molar-refractivity contribution in [2.75, 3.05) is 18.1 Å². The molecule has 1 unspecified atom stereocenters. The summed E-state index contributed by atoms with van der Waals surface area (Å²) in [4.78, 5) is 18.2. The number of ether oxygens (including phenoxy) is 1. The predicted octanol–water partition coefficient (Wildman–Crippen LogP) is 4.45. The Morgan fingerprint density at radius 2 is 2.07 bits per heavy atom. The standard InChI is InChI=1S/C20H17ClFN3O3/c1-2-27-14-8-6-12(7-9-14)19-23-20(28-24-19)13-10-17(26)25(11-13)16-5-3-4-15(21)18(16)22/h3-9,13H,2,10-11H2,1H3. The molecule has 1 saturated heterocycles. The maximum absolute atomic E-state index is 14.3. The largest absolute Gasteiger partial charge is 0.494 e. The molecule has 0 radical (unpaired) electrons. The fourth-order valence-corrected chi connectivity index (χ4v) is 3.36. The Bertz CT molecular complexity index is 1010. The van der Waals surface area contributed by atoms with Crippen LogP contribution in [0.25, 0.3) is 11.4 Å². The Morgan fingerprint density at radius 3 is 2.82 bits per heavy atom. The monoisotopic (exact) mass is 401 g/mol. The number of rotatable bonds is 5. The molecule has 0 spiro atoms. The van der Waals surface area contributed by atoms with Crippen LogP contribution in [0.15, 0.2) is 47.0 Å². The van der Waals surface area contributed by atoms with E-state index in [2.05, 4.69) is 10.1 Å². The van der Waals surface area contributed by atoms with Gasteiger partial charge in [-0.3, -0.25) is 4.79 Å². The van der Waals surface area contributed by atoms with Crippen LogP contribution < -0.4 is 9.64 Å². The Hall–Kier alpha value is -2.93. The van der Waals surface area contributed by atoms with E-state index in [0.29, 0.717) is 18.3 Å². The van der Waals surface area contributed by atoms with Gasteiger partial charge >= 0.3 is 0 Å². The van der Waals surface area contributed by atoms with Crippen molar-refractivity contribution in [3.8, 4) is 17.1 Å². The predicted molar refractivity (Wildman–Crippen MR) is 102 cm³/mol. The van der Waals surface area contributed by atoms with Crippen LogP contribution >= 0.6 is 11.6 Å². The lowest BCUT2D eigenvalue weighted by Crippen LogP contribution is -2.25. The van der Waals surface area contributed by atoms with Crippen LogP contribution in [0, 0.1) is 5.82 Å². The molecule has 0 aliphatic carbocycles. The second-order valence-electron chi connectivity index (χ2n) is 6.39. The molecule has 1 aliphatic heterocycles. The van der Waals surface area contributed by atoms with E-state index in [4.69, 9.17) is 20.9 Å². The smallest absolute Gasteiger partial charge is 0.232 e. The van der Waals surface area contributed by atoms with E-state index >= 15 is 0 Å². The quantitative estimate of drug-likeness (QED) is 0.631. The summed E-state index contributed by atoms with van der Waals surface area (Å²) in [6.07, 6.45) is 0.164. The van der Waals surface area contributed by atoms with Crippen LogP contribution in [-0.2, 0) is 4.79 Å². The summed E-state index contributed by atoms with van der Waals surface area (Å²) < 4.78 is 25.1. The lowest BCUT2D eigenvalue weighted by atomic mass is 10.1.